The molecule has 2 aromatic rings. The molecule has 1 saturated carbocycles. The molecule has 1 aromatic heterocycles. The zero-order valence-electron chi connectivity index (χ0n) is 10.2. The SMILES string of the molecule is O=c1cc(O)n(C2CC2)c(=O)n1-c1ccc(I)cc1F. The summed E-state index contributed by atoms with van der Waals surface area (Å²) >= 11 is 1.94. The van der Waals surface area contributed by atoms with Crippen molar-refractivity contribution in [1.82, 2.24) is 9.13 Å². The van der Waals surface area contributed by atoms with Crippen LogP contribution in [-0.2, 0) is 0 Å². The highest BCUT2D eigenvalue weighted by atomic mass is 127. The number of hydrogen-bond acceptors (Lipinski definition) is 3. The highest BCUT2D eigenvalue weighted by Crippen LogP contribution is 2.35. The van der Waals surface area contributed by atoms with Crippen LogP contribution in [0.4, 0.5) is 4.39 Å². The quantitative estimate of drug-likeness (QED) is 0.798. The lowest BCUT2D eigenvalue weighted by atomic mass is 10.3. The Morgan fingerprint density at radius 2 is 1.95 bits per heavy atom. The van der Waals surface area contributed by atoms with Gasteiger partial charge in [0.2, 0.25) is 5.88 Å². The van der Waals surface area contributed by atoms with E-state index >= 15 is 0 Å². The first-order valence-electron chi connectivity index (χ1n) is 6.02. The maximum atomic E-state index is 14.0. The molecule has 3 rings (SSSR count). The fourth-order valence-corrected chi connectivity index (χ4v) is 2.56. The number of nitrogens with zero attached hydrogens (tertiary/aromatic N) is 2. The summed E-state index contributed by atoms with van der Waals surface area (Å²) in [5, 5.41) is 9.72. The highest BCUT2D eigenvalue weighted by Gasteiger charge is 2.29. The van der Waals surface area contributed by atoms with Crippen molar-refractivity contribution in [1.29, 1.82) is 0 Å². The molecule has 5 nitrogen and oxygen atoms in total. The predicted octanol–water partition coefficient (Wildman–Crippen LogP) is 1.78. The van der Waals surface area contributed by atoms with Crippen molar-refractivity contribution in [2.45, 2.75) is 18.9 Å². The molecule has 0 unspecified atom stereocenters. The van der Waals surface area contributed by atoms with Crippen LogP contribution in [0.5, 0.6) is 5.88 Å². The van der Waals surface area contributed by atoms with E-state index in [-0.39, 0.29) is 17.6 Å². The van der Waals surface area contributed by atoms with Crippen molar-refractivity contribution in [3.05, 3.63) is 54.5 Å². The van der Waals surface area contributed by atoms with Gasteiger partial charge in [-0.25, -0.2) is 13.8 Å². The maximum Gasteiger partial charge on any atom is 0.338 e. The van der Waals surface area contributed by atoms with E-state index in [1.54, 1.807) is 6.07 Å². The van der Waals surface area contributed by atoms with Gasteiger partial charge in [-0.3, -0.25) is 9.36 Å². The van der Waals surface area contributed by atoms with E-state index in [1.807, 2.05) is 22.6 Å². The Hall–Kier alpha value is -1.64. The van der Waals surface area contributed by atoms with Gasteiger partial charge in [-0.2, -0.15) is 0 Å². The lowest BCUT2D eigenvalue weighted by molar-refractivity contribution is 0.397. The van der Waals surface area contributed by atoms with Crippen molar-refractivity contribution in [2.75, 3.05) is 0 Å². The number of rotatable bonds is 2. The van der Waals surface area contributed by atoms with E-state index in [0.29, 0.717) is 3.57 Å². The second-order valence-corrected chi connectivity index (χ2v) is 5.90. The van der Waals surface area contributed by atoms with Gasteiger partial charge in [-0.15, -0.1) is 0 Å². The van der Waals surface area contributed by atoms with Crippen LogP contribution in [0.25, 0.3) is 5.69 Å². The van der Waals surface area contributed by atoms with Crippen LogP contribution < -0.4 is 11.2 Å². The molecule has 0 atom stereocenters. The normalized spacial score (nSPS) is 14.5. The van der Waals surface area contributed by atoms with Gasteiger partial charge < -0.3 is 5.11 Å². The fourth-order valence-electron chi connectivity index (χ4n) is 2.10. The third-order valence-electron chi connectivity index (χ3n) is 3.18. The van der Waals surface area contributed by atoms with Crippen LogP contribution in [0, 0.1) is 9.39 Å². The molecular formula is C13H10FIN2O3. The third kappa shape index (κ3) is 2.15. The second kappa shape index (κ2) is 4.72. The summed E-state index contributed by atoms with van der Waals surface area (Å²) in [4.78, 5) is 24.2. The van der Waals surface area contributed by atoms with Crippen molar-refractivity contribution in [3.63, 3.8) is 0 Å². The van der Waals surface area contributed by atoms with Gasteiger partial charge in [0.1, 0.15) is 5.82 Å². The summed E-state index contributed by atoms with van der Waals surface area (Å²) in [6.45, 7) is 0. The zero-order chi connectivity index (χ0) is 14.4. The molecule has 0 bridgehead atoms. The lowest BCUT2D eigenvalue weighted by Crippen LogP contribution is -2.38. The molecule has 1 aliphatic rings. The predicted molar refractivity (Wildman–Crippen MR) is 78.9 cm³/mol. The van der Waals surface area contributed by atoms with Crippen LogP contribution in [-0.4, -0.2) is 14.2 Å². The van der Waals surface area contributed by atoms with Gasteiger partial charge in [0.25, 0.3) is 5.56 Å². The lowest BCUT2D eigenvalue weighted by Gasteiger charge is -2.11. The molecule has 1 heterocycles. The standard InChI is InChI=1S/C13H10FIN2O3/c14-9-5-7(15)1-4-10(9)17-12(19)6-11(18)16(13(17)20)8-2-3-8/h1,4-6,8,18H,2-3H2. The Bertz CT molecular complexity index is 808. The van der Waals surface area contributed by atoms with Crippen LogP contribution >= 0.6 is 22.6 Å². The third-order valence-corrected chi connectivity index (χ3v) is 3.85. The van der Waals surface area contributed by atoms with Crippen molar-refractivity contribution in [3.8, 4) is 11.6 Å². The van der Waals surface area contributed by atoms with Crippen molar-refractivity contribution >= 4 is 22.6 Å². The topological polar surface area (TPSA) is 64.2 Å². The van der Waals surface area contributed by atoms with E-state index in [4.69, 9.17) is 0 Å². The summed E-state index contributed by atoms with van der Waals surface area (Å²) < 4.78 is 16.5. The summed E-state index contributed by atoms with van der Waals surface area (Å²) in [7, 11) is 0. The molecule has 0 radical (unpaired) electrons. The molecule has 1 fully saturated rings. The fraction of sp³-hybridized carbons (Fsp3) is 0.231. The molecule has 104 valence electrons. The minimum Gasteiger partial charge on any atom is -0.494 e. The second-order valence-electron chi connectivity index (χ2n) is 4.66. The molecule has 1 aromatic carbocycles. The van der Waals surface area contributed by atoms with Gasteiger partial charge in [0, 0.05) is 9.61 Å². The number of aromatic nitrogens is 2. The van der Waals surface area contributed by atoms with Gasteiger partial charge in [0.15, 0.2) is 0 Å². The molecule has 0 aliphatic heterocycles. The summed E-state index contributed by atoms with van der Waals surface area (Å²) in [5.41, 5.74) is -1.56. The summed E-state index contributed by atoms with van der Waals surface area (Å²) in [6, 6.07) is 5.07. The van der Waals surface area contributed by atoms with Crippen LogP contribution in [0.15, 0.2) is 33.9 Å². The average Bonchev–Trinajstić information content (AvgIpc) is 3.15. The van der Waals surface area contributed by atoms with E-state index in [2.05, 4.69) is 0 Å². The number of halogens is 2. The van der Waals surface area contributed by atoms with Crippen LogP contribution in [0.3, 0.4) is 0 Å². The minimum absolute atomic E-state index is 0.102. The Labute approximate surface area is 126 Å². The zero-order valence-corrected chi connectivity index (χ0v) is 12.4. The first kappa shape index (κ1) is 13.3. The Balaban J connectivity index is 2.31. The number of benzene rings is 1. The number of hydrogen-bond donors (Lipinski definition) is 1. The van der Waals surface area contributed by atoms with Gasteiger partial charge >= 0.3 is 5.69 Å². The summed E-state index contributed by atoms with van der Waals surface area (Å²) in [6.07, 6.45) is 1.53. The largest absolute Gasteiger partial charge is 0.494 e. The first-order valence-corrected chi connectivity index (χ1v) is 7.10. The maximum absolute atomic E-state index is 14.0. The Morgan fingerprint density at radius 1 is 1.25 bits per heavy atom. The Morgan fingerprint density at radius 3 is 2.55 bits per heavy atom. The molecule has 7 heteroatoms. The van der Waals surface area contributed by atoms with E-state index in [0.717, 1.165) is 28.0 Å². The van der Waals surface area contributed by atoms with E-state index in [9.17, 15) is 19.1 Å². The van der Waals surface area contributed by atoms with Gasteiger partial charge in [-0.05, 0) is 53.6 Å². The monoisotopic (exact) mass is 388 g/mol. The molecule has 0 saturated heterocycles. The molecule has 20 heavy (non-hydrogen) atoms. The smallest absolute Gasteiger partial charge is 0.338 e. The molecular weight excluding hydrogens is 378 g/mol. The first-order chi connectivity index (χ1) is 9.49. The van der Waals surface area contributed by atoms with Crippen molar-refractivity contribution in [2.24, 2.45) is 0 Å². The van der Waals surface area contributed by atoms with E-state index < -0.39 is 17.1 Å². The van der Waals surface area contributed by atoms with Crippen LogP contribution in [0.1, 0.15) is 18.9 Å². The molecule has 0 amide bonds. The summed E-state index contributed by atoms with van der Waals surface area (Å²) in [5.74, 6) is -1.02. The number of aromatic hydroxyl groups is 1. The van der Waals surface area contributed by atoms with Crippen LogP contribution in [0.2, 0.25) is 0 Å². The molecule has 1 N–H and O–H groups in total. The van der Waals surface area contributed by atoms with Gasteiger partial charge in [-0.1, -0.05) is 0 Å². The van der Waals surface area contributed by atoms with E-state index in [1.165, 1.54) is 12.1 Å². The highest BCUT2D eigenvalue weighted by molar-refractivity contribution is 14.1. The van der Waals surface area contributed by atoms with Gasteiger partial charge in [0.05, 0.1) is 11.8 Å². The molecule has 0 spiro atoms. The Kier molecular flexibility index (Phi) is 3.15. The molecule has 1 aliphatic carbocycles. The minimum atomic E-state index is -0.746. The van der Waals surface area contributed by atoms with Crippen molar-refractivity contribution < 1.29 is 9.50 Å². The average molecular weight is 388 g/mol.